The minimum atomic E-state index is -0.404. The van der Waals surface area contributed by atoms with Crippen LogP contribution < -0.4 is 5.01 Å². The van der Waals surface area contributed by atoms with E-state index >= 15 is 0 Å². The van der Waals surface area contributed by atoms with Gasteiger partial charge in [0.25, 0.3) is 5.69 Å². The second kappa shape index (κ2) is 7.88. The number of hydrogen-bond acceptors (Lipinski definition) is 4. The van der Waals surface area contributed by atoms with Gasteiger partial charge in [0.1, 0.15) is 0 Å². The Bertz CT molecular complexity index is 847. The van der Waals surface area contributed by atoms with Crippen molar-refractivity contribution in [2.24, 2.45) is 5.10 Å². The number of non-ortho nitro benzene ring substituents is 1. The summed E-state index contributed by atoms with van der Waals surface area (Å²) in [5.41, 5.74) is 2.95. The monoisotopic (exact) mass is 331 g/mol. The lowest BCUT2D eigenvalue weighted by atomic mass is 10.2. The van der Waals surface area contributed by atoms with Gasteiger partial charge in [0.2, 0.25) is 0 Å². The molecule has 0 unspecified atom stereocenters. The number of nitrogens with zero attached hydrogens (tertiary/aromatic N) is 3. The summed E-state index contributed by atoms with van der Waals surface area (Å²) in [5, 5.41) is 17.2. The fourth-order valence-corrected chi connectivity index (χ4v) is 2.38. The standard InChI is InChI=1S/C20H17N3O2/c24-23(25)20-13-11-19(12-14-20)22(16-18-9-5-2-6-10-18)21-15-17-7-3-1-4-8-17/h1-15H,16H2/b21-15+. The summed E-state index contributed by atoms with van der Waals surface area (Å²) in [7, 11) is 0. The van der Waals surface area contributed by atoms with Crippen molar-refractivity contribution in [1.29, 1.82) is 0 Å². The van der Waals surface area contributed by atoms with E-state index in [2.05, 4.69) is 5.10 Å². The Morgan fingerprint density at radius 3 is 2.08 bits per heavy atom. The smallest absolute Gasteiger partial charge is 0.261 e. The van der Waals surface area contributed by atoms with Crippen LogP contribution in [0.1, 0.15) is 11.1 Å². The maximum Gasteiger partial charge on any atom is 0.269 e. The van der Waals surface area contributed by atoms with E-state index < -0.39 is 4.92 Å². The topological polar surface area (TPSA) is 58.7 Å². The molecule has 5 nitrogen and oxygen atoms in total. The highest BCUT2D eigenvalue weighted by molar-refractivity contribution is 5.80. The van der Waals surface area contributed by atoms with Crippen molar-refractivity contribution >= 4 is 17.6 Å². The first-order valence-corrected chi connectivity index (χ1v) is 7.87. The summed E-state index contributed by atoms with van der Waals surface area (Å²) in [6, 6.07) is 26.2. The fourth-order valence-electron chi connectivity index (χ4n) is 2.38. The largest absolute Gasteiger partial charge is 0.269 e. The average molecular weight is 331 g/mol. The van der Waals surface area contributed by atoms with Gasteiger partial charge in [-0.2, -0.15) is 5.10 Å². The van der Waals surface area contributed by atoms with E-state index in [-0.39, 0.29) is 5.69 Å². The van der Waals surface area contributed by atoms with E-state index in [1.165, 1.54) is 12.1 Å². The quantitative estimate of drug-likeness (QED) is 0.376. The molecule has 0 N–H and O–H groups in total. The zero-order valence-corrected chi connectivity index (χ0v) is 13.5. The molecule has 25 heavy (non-hydrogen) atoms. The summed E-state index contributed by atoms with van der Waals surface area (Å²) in [6.07, 6.45) is 1.78. The molecule has 0 saturated carbocycles. The lowest BCUT2D eigenvalue weighted by Gasteiger charge is -2.19. The molecule has 0 aromatic heterocycles. The number of nitro groups is 1. The van der Waals surface area contributed by atoms with Gasteiger partial charge >= 0.3 is 0 Å². The summed E-state index contributed by atoms with van der Waals surface area (Å²) >= 11 is 0. The number of anilines is 1. The SMILES string of the molecule is O=[N+]([O-])c1ccc(N(Cc2ccccc2)/N=C/c2ccccc2)cc1. The van der Waals surface area contributed by atoms with E-state index in [9.17, 15) is 10.1 Å². The van der Waals surface area contributed by atoms with Gasteiger partial charge in [-0.15, -0.1) is 0 Å². The molecule has 0 atom stereocenters. The normalized spacial score (nSPS) is 10.7. The number of rotatable bonds is 6. The van der Waals surface area contributed by atoms with E-state index in [0.29, 0.717) is 6.54 Å². The number of benzene rings is 3. The number of nitro benzene ring substituents is 1. The highest BCUT2D eigenvalue weighted by atomic mass is 16.6. The Hall–Kier alpha value is -3.47. The molecule has 5 heteroatoms. The zero-order valence-electron chi connectivity index (χ0n) is 13.5. The first-order valence-electron chi connectivity index (χ1n) is 7.87. The van der Waals surface area contributed by atoms with Gasteiger partial charge in [-0.05, 0) is 23.3 Å². The van der Waals surface area contributed by atoms with Crippen molar-refractivity contribution < 1.29 is 4.92 Å². The highest BCUT2D eigenvalue weighted by Gasteiger charge is 2.09. The van der Waals surface area contributed by atoms with Gasteiger partial charge in [-0.25, -0.2) is 0 Å². The molecule has 0 saturated heterocycles. The first-order chi connectivity index (χ1) is 12.2. The molecule has 0 amide bonds. The van der Waals surface area contributed by atoms with Crippen LogP contribution in [0, 0.1) is 10.1 Å². The fraction of sp³-hybridized carbons (Fsp3) is 0.0500. The van der Waals surface area contributed by atoms with Gasteiger partial charge in [0.15, 0.2) is 0 Å². The van der Waals surface area contributed by atoms with Gasteiger partial charge in [0.05, 0.1) is 23.4 Å². The Morgan fingerprint density at radius 2 is 1.48 bits per heavy atom. The van der Waals surface area contributed by atoms with Gasteiger partial charge in [-0.3, -0.25) is 15.1 Å². The molecule has 0 fully saturated rings. The Labute approximate surface area is 146 Å². The maximum atomic E-state index is 10.8. The lowest BCUT2D eigenvalue weighted by Crippen LogP contribution is -2.16. The molecule has 3 aromatic rings. The molecule has 0 aliphatic heterocycles. The minimum Gasteiger partial charge on any atom is -0.261 e. The van der Waals surface area contributed by atoms with Crippen LogP contribution in [0.25, 0.3) is 0 Å². The van der Waals surface area contributed by atoms with Crippen molar-refractivity contribution in [3.05, 3.63) is 106 Å². The van der Waals surface area contributed by atoms with Crippen molar-refractivity contribution in [2.45, 2.75) is 6.54 Å². The van der Waals surface area contributed by atoms with Gasteiger partial charge in [-0.1, -0.05) is 60.7 Å². The average Bonchev–Trinajstić information content (AvgIpc) is 2.67. The van der Waals surface area contributed by atoms with E-state index in [1.807, 2.05) is 65.7 Å². The van der Waals surface area contributed by atoms with Crippen molar-refractivity contribution in [3.8, 4) is 0 Å². The van der Waals surface area contributed by atoms with E-state index in [4.69, 9.17) is 0 Å². The van der Waals surface area contributed by atoms with Crippen LogP contribution in [-0.2, 0) is 6.54 Å². The minimum absolute atomic E-state index is 0.0652. The summed E-state index contributed by atoms with van der Waals surface area (Å²) in [6.45, 7) is 0.571. The highest BCUT2D eigenvalue weighted by Crippen LogP contribution is 2.21. The van der Waals surface area contributed by atoms with Crippen LogP contribution in [0.15, 0.2) is 90.0 Å². The van der Waals surface area contributed by atoms with Crippen LogP contribution >= 0.6 is 0 Å². The predicted molar refractivity (Wildman–Crippen MR) is 99.8 cm³/mol. The Morgan fingerprint density at radius 1 is 0.880 bits per heavy atom. The van der Waals surface area contributed by atoms with Crippen LogP contribution in [-0.4, -0.2) is 11.1 Å². The van der Waals surface area contributed by atoms with Crippen LogP contribution in [0.5, 0.6) is 0 Å². The molecular formula is C20H17N3O2. The molecule has 0 spiro atoms. The van der Waals surface area contributed by atoms with Crippen molar-refractivity contribution in [3.63, 3.8) is 0 Å². The molecule has 3 aromatic carbocycles. The van der Waals surface area contributed by atoms with Crippen molar-refractivity contribution in [1.82, 2.24) is 0 Å². The lowest BCUT2D eigenvalue weighted by molar-refractivity contribution is -0.384. The second-order valence-corrected chi connectivity index (χ2v) is 5.47. The Kier molecular flexibility index (Phi) is 5.16. The molecule has 0 bridgehead atoms. The Balaban J connectivity index is 1.88. The molecular weight excluding hydrogens is 314 g/mol. The molecule has 0 radical (unpaired) electrons. The molecule has 3 rings (SSSR count). The van der Waals surface area contributed by atoms with Crippen LogP contribution in [0.4, 0.5) is 11.4 Å². The third-order valence-corrected chi connectivity index (χ3v) is 3.68. The van der Waals surface area contributed by atoms with E-state index in [0.717, 1.165) is 16.8 Å². The first kappa shape index (κ1) is 16.4. The zero-order chi connectivity index (χ0) is 17.5. The van der Waals surface area contributed by atoms with Crippen LogP contribution in [0.3, 0.4) is 0 Å². The van der Waals surface area contributed by atoms with E-state index in [1.54, 1.807) is 18.3 Å². The van der Waals surface area contributed by atoms with Gasteiger partial charge < -0.3 is 0 Å². The maximum absolute atomic E-state index is 10.8. The van der Waals surface area contributed by atoms with Crippen LogP contribution in [0.2, 0.25) is 0 Å². The molecule has 0 heterocycles. The number of hydrogen-bond donors (Lipinski definition) is 0. The third-order valence-electron chi connectivity index (χ3n) is 3.68. The molecule has 0 aliphatic rings. The summed E-state index contributed by atoms with van der Waals surface area (Å²) in [4.78, 5) is 10.4. The van der Waals surface area contributed by atoms with Gasteiger partial charge in [0, 0.05) is 12.1 Å². The van der Waals surface area contributed by atoms with Crippen molar-refractivity contribution in [2.75, 3.05) is 5.01 Å². The predicted octanol–water partition coefficient (Wildman–Crippen LogP) is 4.64. The summed E-state index contributed by atoms with van der Waals surface area (Å²) < 4.78 is 0. The molecule has 0 aliphatic carbocycles. The number of hydrazone groups is 1. The molecule has 124 valence electrons. The summed E-state index contributed by atoms with van der Waals surface area (Å²) in [5.74, 6) is 0. The third kappa shape index (κ3) is 4.51. The second-order valence-electron chi connectivity index (χ2n) is 5.47.